The van der Waals surface area contributed by atoms with E-state index in [1.54, 1.807) is 6.92 Å². The van der Waals surface area contributed by atoms with E-state index in [0.29, 0.717) is 0 Å². The summed E-state index contributed by atoms with van der Waals surface area (Å²) in [5, 5.41) is 11.8. The van der Waals surface area contributed by atoms with Gasteiger partial charge in [0.15, 0.2) is 9.84 Å². The van der Waals surface area contributed by atoms with E-state index in [-0.39, 0.29) is 36.9 Å². The highest BCUT2D eigenvalue weighted by atomic mass is 32.2. The zero-order valence-electron chi connectivity index (χ0n) is 19.3. The number of hydrogen-bond acceptors (Lipinski definition) is 6. The number of aliphatic carboxylic acids is 1. The van der Waals surface area contributed by atoms with Crippen LogP contribution in [0.15, 0.2) is 48.5 Å². The van der Waals surface area contributed by atoms with Gasteiger partial charge in [-0.3, -0.25) is 9.59 Å². The van der Waals surface area contributed by atoms with Crippen LogP contribution in [0.25, 0.3) is 11.1 Å². The lowest BCUT2D eigenvalue weighted by molar-refractivity contribution is -0.146. The van der Waals surface area contributed by atoms with Gasteiger partial charge in [-0.2, -0.15) is 0 Å². The first-order valence-electron chi connectivity index (χ1n) is 11.5. The van der Waals surface area contributed by atoms with Gasteiger partial charge in [0.25, 0.3) is 0 Å². The highest BCUT2D eigenvalue weighted by Crippen LogP contribution is 2.44. The number of hydrogen-bond donors (Lipinski definition) is 2. The fourth-order valence-corrected chi connectivity index (χ4v) is 6.59. The molecule has 1 fully saturated rings. The third-order valence-electron chi connectivity index (χ3n) is 6.46. The first-order valence-corrected chi connectivity index (χ1v) is 13.3. The van der Waals surface area contributed by atoms with Crippen LogP contribution in [-0.2, 0) is 24.2 Å². The van der Waals surface area contributed by atoms with Crippen molar-refractivity contribution in [3.8, 4) is 11.1 Å². The predicted molar refractivity (Wildman–Crippen MR) is 129 cm³/mol. The average Bonchev–Trinajstić information content (AvgIpc) is 3.32. The Morgan fingerprint density at radius 2 is 1.69 bits per heavy atom. The van der Waals surface area contributed by atoms with Crippen LogP contribution in [0.2, 0.25) is 0 Å². The van der Waals surface area contributed by atoms with Crippen LogP contribution in [0, 0.1) is 0 Å². The van der Waals surface area contributed by atoms with Gasteiger partial charge in [-0.15, -0.1) is 0 Å². The average molecular weight is 501 g/mol. The highest BCUT2D eigenvalue weighted by molar-refractivity contribution is 7.91. The maximum atomic E-state index is 12.8. The first-order chi connectivity index (χ1) is 16.6. The first kappa shape index (κ1) is 24.7. The molecule has 35 heavy (non-hydrogen) atoms. The fourth-order valence-electron chi connectivity index (χ4n) is 4.86. The molecule has 0 bridgehead atoms. The minimum Gasteiger partial charge on any atom is -0.480 e. The number of nitrogens with zero attached hydrogens (tertiary/aromatic N) is 1. The van der Waals surface area contributed by atoms with Gasteiger partial charge in [0.2, 0.25) is 5.91 Å². The molecule has 1 unspecified atom stereocenters. The maximum absolute atomic E-state index is 12.8. The molecule has 2 amide bonds. The molecule has 2 aliphatic rings. The largest absolute Gasteiger partial charge is 0.480 e. The Hall–Kier alpha value is -3.40. The van der Waals surface area contributed by atoms with Crippen LogP contribution in [0.1, 0.15) is 36.8 Å². The minimum absolute atomic E-state index is 0.0748. The van der Waals surface area contributed by atoms with E-state index < -0.39 is 46.4 Å². The van der Waals surface area contributed by atoms with Crippen LogP contribution in [-0.4, -0.2) is 73.1 Å². The van der Waals surface area contributed by atoms with E-state index >= 15 is 0 Å². The van der Waals surface area contributed by atoms with E-state index in [2.05, 4.69) is 5.32 Å². The second-order valence-corrected chi connectivity index (χ2v) is 11.3. The van der Waals surface area contributed by atoms with Crippen molar-refractivity contribution in [2.45, 2.75) is 37.8 Å². The molecule has 2 aromatic carbocycles. The minimum atomic E-state index is -3.29. The molecule has 2 N–H and O–H groups in total. The summed E-state index contributed by atoms with van der Waals surface area (Å²) in [5.41, 5.74) is 4.40. The zero-order chi connectivity index (χ0) is 25.2. The Morgan fingerprint density at radius 1 is 1.09 bits per heavy atom. The van der Waals surface area contributed by atoms with Crippen molar-refractivity contribution in [1.29, 1.82) is 0 Å². The molecule has 186 valence electrons. The van der Waals surface area contributed by atoms with Crippen LogP contribution in [0.4, 0.5) is 4.79 Å². The lowest BCUT2D eigenvalue weighted by Crippen LogP contribution is -2.46. The van der Waals surface area contributed by atoms with Gasteiger partial charge in [-0.25, -0.2) is 13.2 Å². The number of nitrogens with one attached hydrogen (secondary N) is 1. The third-order valence-corrected chi connectivity index (χ3v) is 8.21. The van der Waals surface area contributed by atoms with Crippen molar-refractivity contribution in [2.75, 3.05) is 24.7 Å². The van der Waals surface area contributed by atoms with Crippen molar-refractivity contribution in [3.05, 3.63) is 59.7 Å². The molecule has 1 heterocycles. The molecule has 0 radical (unpaired) electrons. The Balaban J connectivity index is 1.34. The Labute approximate surface area is 204 Å². The van der Waals surface area contributed by atoms with Gasteiger partial charge in [0, 0.05) is 24.4 Å². The van der Waals surface area contributed by atoms with Crippen LogP contribution in [0.3, 0.4) is 0 Å². The number of carboxylic acids is 1. The lowest BCUT2D eigenvalue weighted by atomic mass is 9.98. The van der Waals surface area contributed by atoms with Crippen molar-refractivity contribution in [3.63, 3.8) is 0 Å². The Bertz CT molecular complexity index is 1200. The van der Waals surface area contributed by atoms with Crippen molar-refractivity contribution >= 4 is 27.8 Å². The maximum Gasteiger partial charge on any atom is 0.407 e. The molecule has 2 aromatic rings. The van der Waals surface area contributed by atoms with Crippen LogP contribution >= 0.6 is 0 Å². The number of ether oxygens (including phenoxy) is 1. The summed E-state index contributed by atoms with van der Waals surface area (Å²) in [4.78, 5) is 37.6. The molecule has 10 heteroatoms. The summed E-state index contributed by atoms with van der Waals surface area (Å²) in [6.45, 7) is 1.16. The quantitative estimate of drug-likeness (QED) is 0.569. The highest BCUT2D eigenvalue weighted by Gasteiger charge is 2.36. The number of benzene rings is 2. The van der Waals surface area contributed by atoms with E-state index in [1.165, 1.54) is 0 Å². The van der Waals surface area contributed by atoms with Gasteiger partial charge >= 0.3 is 12.1 Å². The molecule has 4 rings (SSSR count). The molecular weight excluding hydrogens is 472 g/mol. The number of rotatable bonds is 8. The Morgan fingerprint density at radius 3 is 2.23 bits per heavy atom. The van der Waals surface area contributed by atoms with Crippen LogP contribution in [0.5, 0.6) is 0 Å². The number of fused-ring (bicyclic) bond motifs is 3. The predicted octanol–water partition coefficient (Wildman–Crippen LogP) is 2.40. The summed E-state index contributed by atoms with van der Waals surface area (Å²) in [6.07, 6.45) is -0.649. The molecule has 0 spiro atoms. The normalized spacial score (nSPS) is 18.8. The van der Waals surface area contributed by atoms with Crippen LogP contribution < -0.4 is 5.32 Å². The monoisotopic (exact) mass is 500 g/mol. The number of sulfone groups is 1. The summed E-state index contributed by atoms with van der Waals surface area (Å²) >= 11 is 0. The van der Waals surface area contributed by atoms with Gasteiger partial charge in [-0.05, 0) is 35.6 Å². The third kappa shape index (κ3) is 5.64. The van der Waals surface area contributed by atoms with Crippen molar-refractivity contribution < 1.29 is 32.6 Å². The molecule has 1 aliphatic heterocycles. The second kappa shape index (κ2) is 10.1. The van der Waals surface area contributed by atoms with Crippen molar-refractivity contribution in [1.82, 2.24) is 10.2 Å². The summed E-state index contributed by atoms with van der Waals surface area (Å²) in [6, 6.07) is 14.6. The van der Waals surface area contributed by atoms with Crippen molar-refractivity contribution in [2.24, 2.45) is 0 Å². The standard InChI is InChI=1S/C25H28N2O7S/c1-16(12-23(28)27(13-24(29)30)17-10-11-35(32,33)15-17)26-25(31)34-14-22-20-8-4-2-6-18(20)19-7-3-5-9-21(19)22/h2-9,16-17,22H,10-15H2,1H3,(H,26,31)(H,29,30)/t16-,17?/m1/s1. The van der Waals surface area contributed by atoms with E-state index in [1.807, 2.05) is 48.5 Å². The molecule has 1 saturated heterocycles. The summed E-state index contributed by atoms with van der Waals surface area (Å²) < 4.78 is 29.1. The number of alkyl carbamates (subject to hydrolysis) is 1. The Kier molecular flexibility index (Phi) is 7.11. The molecule has 1 aliphatic carbocycles. The SMILES string of the molecule is C[C@H](CC(=O)N(CC(=O)O)C1CCS(=O)(=O)C1)NC(=O)OCC1c2ccccc2-c2ccccc21. The molecular formula is C25H28N2O7S. The molecule has 0 aromatic heterocycles. The fraction of sp³-hybridized carbons (Fsp3) is 0.400. The summed E-state index contributed by atoms with van der Waals surface area (Å²) in [5.74, 6) is -2.17. The zero-order valence-corrected chi connectivity index (χ0v) is 20.2. The van der Waals surface area contributed by atoms with Gasteiger partial charge in [0.1, 0.15) is 13.2 Å². The summed E-state index contributed by atoms with van der Waals surface area (Å²) in [7, 11) is -3.29. The molecule has 9 nitrogen and oxygen atoms in total. The van der Waals surface area contributed by atoms with Gasteiger partial charge in [0.05, 0.1) is 11.5 Å². The van der Waals surface area contributed by atoms with E-state index in [9.17, 15) is 27.9 Å². The molecule has 0 saturated carbocycles. The van der Waals surface area contributed by atoms with E-state index in [4.69, 9.17) is 4.74 Å². The number of carbonyl (C=O) groups is 3. The number of carboxylic acid groups (broad SMARTS) is 1. The smallest absolute Gasteiger partial charge is 0.407 e. The number of amides is 2. The topological polar surface area (TPSA) is 130 Å². The van der Waals surface area contributed by atoms with Gasteiger partial charge in [-0.1, -0.05) is 48.5 Å². The lowest BCUT2D eigenvalue weighted by Gasteiger charge is -2.28. The van der Waals surface area contributed by atoms with E-state index in [0.717, 1.165) is 27.2 Å². The van der Waals surface area contributed by atoms with Gasteiger partial charge < -0.3 is 20.1 Å². The second-order valence-electron chi connectivity index (χ2n) is 9.05. The molecule has 2 atom stereocenters. The number of carbonyl (C=O) groups excluding carboxylic acids is 2.